The van der Waals surface area contributed by atoms with Crippen LogP contribution in [0, 0.1) is 0 Å². The number of aromatic carboxylic acids is 4. The zero-order valence-electron chi connectivity index (χ0n) is 42.6. The number of aromatic nitrogens is 12. The van der Waals surface area contributed by atoms with E-state index in [4.69, 9.17) is 0 Å². The summed E-state index contributed by atoms with van der Waals surface area (Å²) in [5.74, 6) is -4.12. The molecular formula is C62H40N12O8. The number of carbonyl (C=O) groups is 4. The molecule has 0 spiro atoms. The molecule has 0 radical (unpaired) electrons. The van der Waals surface area contributed by atoms with Crippen molar-refractivity contribution in [3.05, 3.63) is 263 Å². The third-order valence-corrected chi connectivity index (χ3v) is 13.6. The van der Waals surface area contributed by atoms with Crippen LogP contribution in [0.25, 0.3) is 78.9 Å². The quantitative estimate of drug-likeness (QED) is 0.0655. The molecule has 0 aliphatic carbocycles. The Morgan fingerprint density at radius 3 is 0.585 bits per heavy atom. The molecule has 12 aromatic rings. The molecule has 0 aliphatic heterocycles. The van der Waals surface area contributed by atoms with E-state index >= 15 is 0 Å². The van der Waals surface area contributed by atoms with Crippen molar-refractivity contribution in [1.29, 1.82) is 0 Å². The summed E-state index contributed by atoms with van der Waals surface area (Å²) < 4.78 is 6.33. The van der Waals surface area contributed by atoms with Crippen LogP contribution in [0.5, 0.6) is 0 Å². The number of nitrogens with zero attached hydrogens (tertiary/aromatic N) is 12. The molecule has 12 rings (SSSR count). The van der Waals surface area contributed by atoms with Crippen LogP contribution in [0.2, 0.25) is 0 Å². The summed E-state index contributed by atoms with van der Waals surface area (Å²) in [5.41, 5.74) is 13.7. The molecule has 82 heavy (non-hydrogen) atoms. The summed E-state index contributed by atoms with van der Waals surface area (Å²) in [6, 6.07) is 57.3. The number of benzene rings is 8. The standard InChI is InChI=1S/C62H40N12O8/c75-59(76)45-17-25-49(26-18-45)71-33-53(63-67-71)37-1-9-41(10-2-37)57(42-11-3-38(4-12-42)54-34-72(68-64-54)50-27-19-46(20-28-50)60(77)78)58(43-13-5-39(6-14-43)55-35-73(69-65-55)51-29-21-47(22-30-51)61(79)80)44-15-7-40(8-16-44)56-36-74(70-66-56)52-31-23-48(24-32-52)62(81)82/h1-36H,(H,75,76)(H,77,78)(H,79,80)(H,81,82). The second-order valence-corrected chi connectivity index (χ2v) is 18.7. The van der Waals surface area contributed by atoms with E-state index in [-0.39, 0.29) is 22.3 Å². The Hall–Kier alpha value is -12.1. The van der Waals surface area contributed by atoms with Gasteiger partial charge in [0.05, 0.1) is 69.8 Å². The minimum absolute atomic E-state index is 0.153. The van der Waals surface area contributed by atoms with E-state index in [1.54, 1.807) is 92.0 Å². The van der Waals surface area contributed by atoms with Gasteiger partial charge in [-0.1, -0.05) is 118 Å². The van der Waals surface area contributed by atoms with Crippen LogP contribution in [0.15, 0.2) is 219 Å². The zero-order valence-corrected chi connectivity index (χ0v) is 42.6. The first-order chi connectivity index (χ1) is 39.9. The SMILES string of the molecule is O=C(O)c1ccc(-n2cc(-c3ccc(C(=C(c4ccc(-c5cn(-c6ccc(C(=O)O)cc6)nn5)cc4)c4ccc(-c5cn(-c6ccc(C(=O)O)cc6)nn5)cc4)c4ccc(-c5cn(-c6ccc(C(=O)O)cc6)nn5)cc4)cc3)nn2)cc1. The number of carboxylic acids is 4. The second kappa shape index (κ2) is 21.4. The van der Waals surface area contributed by atoms with Crippen molar-refractivity contribution in [2.24, 2.45) is 0 Å². The van der Waals surface area contributed by atoms with Crippen molar-refractivity contribution >= 4 is 35.0 Å². The van der Waals surface area contributed by atoms with Crippen LogP contribution >= 0.6 is 0 Å². The number of rotatable bonds is 16. The summed E-state index contributed by atoms with van der Waals surface area (Å²) in [6.45, 7) is 0. The third-order valence-electron chi connectivity index (χ3n) is 13.6. The average Bonchev–Trinajstić information content (AvgIpc) is 4.44. The topological polar surface area (TPSA) is 272 Å². The molecule has 4 heterocycles. The lowest BCUT2D eigenvalue weighted by Crippen LogP contribution is -1.99. The fraction of sp³-hybridized carbons (Fsp3) is 0. The Morgan fingerprint density at radius 1 is 0.244 bits per heavy atom. The van der Waals surface area contributed by atoms with Crippen LogP contribution in [0.1, 0.15) is 63.7 Å². The molecule has 4 N–H and O–H groups in total. The summed E-state index contributed by atoms with van der Waals surface area (Å²) in [6.07, 6.45) is 7.10. The smallest absolute Gasteiger partial charge is 0.335 e. The van der Waals surface area contributed by atoms with Crippen molar-refractivity contribution < 1.29 is 39.6 Å². The van der Waals surface area contributed by atoms with Crippen LogP contribution in [0.3, 0.4) is 0 Å². The van der Waals surface area contributed by atoms with Crippen LogP contribution in [-0.4, -0.2) is 104 Å². The van der Waals surface area contributed by atoms with Gasteiger partial charge in [-0.05, 0) is 130 Å². The van der Waals surface area contributed by atoms with E-state index in [2.05, 4.69) is 41.2 Å². The monoisotopic (exact) mass is 1080 g/mol. The van der Waals surface area contributed by atoms with Gasteiger partial charge in [0, 0.05) is 22.3 Å². The Morgan fingerprint density at radius 2 is 0.415 bits per heavy atom. The first-order valence-corrected chi connectivity index (χ1v) is 25.1. The molecule has 0 fully saturated rings. The van der Waals surface area contributed by atoms with Gasteiger partial charge in [-0.25, -0.2) is 37.9 Å². The van der Waals surface area contributed by atoms with Crippen molar-refractivity contribution in [2.45, 2.75) is 0 Å². The molecular weight excluding hydrogens is 1040 g/mol. The summed E-state index contributed by atoms with van der Waals surface area (Å²) >= 11 is 0. The minimum Gasteiger partial charge on any atom is -0.478 e. The maximum atomic E-state index is 11.5. The number of carboxylic acid groups (broad SMARTS) is 4. The minimum atomic E-state index is -1.03. The maximum absolute atomic E-state index is 11.5. The number of hydrogen-bond acceptors (Lipinski definition) is 12. The lowest BCUT2D eigenvalue weighted by atomic mass is 9.84. The van der Waals surface area contributed by atoms with E-state index in [0.29, 0.717) is 45.5 Å². The van der Waals surface area contributed by atoms with Crippen molar-refractivity contribution in [3.8, 4) is 67.8 Å². The van der Waals surface area contributed by atoms with Gasteiger partial charge in [0.2, 0.25) is 0 Å². The van der Waals surface area contributed by atoms with E-state index in [1.165, 1.54) is 48.5 Å². The Labute approximate surface area is 464 Å². The molecule has 8 aromatic carbocycles. The van der Waals surface area contributed by atoms with Gasteiger partial charge < -0.3 is 20.4 Å². The van der Waals surface area contributed by atoms with Crippen LogP contribution in [-0.2, 0) is 0 Å². The first kappa shape index (κ1) is 50.7. The molecule has 0 saturated heterocycles. The predicted molar refractivity (Wildman–Crippen MR) is 300 cm³/mol. The Bertz CT molecular complexity index is 3830. The second-order valence-electron chi connectivity index (χ2n) is 18.7. The highest BCUT2D eigenvalue weighted by Gasteiger charge is 2.20. The molecule has 0 aliphatic rings. The molecule has 0 saturated carbocycles. The third kappa shape index (κ3) is 10.3. The van der Waals surface area contributed by atoms with Crippen molar-refractivity contribution in [3.63, 3.8) is 0 Å². The molecule has 396 valence electrons. The fourth-order valence-electron chi connectivity index (χ4n) is 9.26. The van der Waals surface area contributed by atoms with Crippen molar-refractivity contribution in [2.75, 3.05) is 0 Å². The van der Waals surface area contributed by atoms with Gasteiger partial charge in [-0.15, -0.1) is 20.4 Å². The molecule has 4 aromatic heterocycles. The first-order valence-electron chi connectivity index (χ1n) is 25.1. The Kier molecular flexibility index (Phi) is 13.2. The van der Waals surface area contributed by atoms with E-state index in [0.717, 1.165) is 55.7 Å². The largest absolute Gasteiger partial charge is 0.478 e. The molecule has 20 heteroatoms. The molecule has 20 nitrogen and oxygen atoms in total. The highest BCUT2D eigenvalue weighted by molar-refractivity contribution is 6.05. The highest BCUT2D eigenvalue weighted by Crippen LogP contribution is 2.40. The van der Waals surface area contributed by atoms with Gasteiger partial charge in [0.15, 0.2) is 0 Å². The molecule has 0 unspecified atom stereocenters. The summed E-state index contributed by atoms with van der Waals surface area (Å²) in [5, 5.41) is 72.9. The average molecular weight is 1080 g/mol. The van der Waals surface area contributed by atoms with Gasteiger partial charge in [0.25, 0.3) is 0 Å². The lowest BCUT2D eigenvalue weighted by molar-refractivity contribution is 0.0686. The maximum Gasteiger partial charge on any atom is 0.335 e. The Balaban J connectivity index is 0.961. The highest BCUT2D eigenvalue weighted by atomic mass is 16.4. The van der Waals surface area contributed by atoms with Gasteiger partial charge >= 0.3 is 23.9 Å². The number of hydrogen-bond donors (Lipinski definition) is 4. The normalized spacial score (nSPS) is 11.1. The van der Waals surface area contributed by atoms with Crippen LogP contribution < -0.4 is 0 Å². The summed E-state index contributed by atoms with van der Waals surface area (Å²) in [4.78, 5) is 46.1. The van der Waals surface area contributed by atoms with Gasteiger partial charge in [-0.3, -0.25) is 0 Å². The zero-order chi connectivity index (χ0) is 56.4. The van der Waals surface area contributed by atoms with Crippen molar-refractivity contribution in [1.82, 2.24) is 60.0 Å². The summed E-state index contributed by atoms with van der Waals surface area (Å²) in [7, 11) is 0. The predicted octanol–water partition coefficient (Wildman–Crippen LogP) is 10.5. The van der Waals surface area contributed by atoms with E-state index < -0.39 is 23.9 Å². The van der Waals surface area contributed by atoms with Gasteiger partial charge in [-0.2, -0.15) is 0 Å². The van der Waals surface area contributed by atoms with E-state index in [1.807, 2.05) is 97.1 Å². The molecule has 0 bridgehead atoms. The molecule has 0 amide bonds. The fourth-order valence-corrected chi connectivity index (χ4v) is 9.26. The lowest BCUT2D eigenvalue weighted by Gasteiger charge is -2.19. The van der Waals surface area contributed by atoms with E-state index in [9.17, 15) is 39.6 Å². The molecule has 0 atom stereocenters. The van der Waals surface area contributed by atoms with Crippen LogP contribution in [0.4, 0.5) is 0 Å². The van der Waals surface area contributed by atoms with Gasteiger partial charge in [0.1, 0.15) is 22.8 Å².